The Morgan fingerprint density at radius 3 is 2.68 bits per heavy atom. The quantitative estimate of drug-likeness (QED) is 0.846. The molecule has 0 saturated heterocycles. The number of nitrogens with two attached hydrogens (primary N) is 1. The molecule has 0 radical (unpaired) electrons. The molecule has 0 spiro atoms. The molecule has 0 atom stereocenters. The summed E-state index contributed by atoms with van der Waals surface area (Å²) < 4.78 is 0. The Bertz CT molecular complexity index is 596. The molecular formula is C14H14ClN3O. The van der Waals surface area contributed by atoms with E-state index in [4.69, 9.17) is 17.3 Å². The summed E-state index contributed by atoms with van der Waals surface area (Å²) in [6, 6.07) is 9.14. The van der Waals surface area contributed by atoms with Crippen LogP contribution in [0.1, 0.15) is 22.8 Å². The standard InChI is InChI=1S/C14H14ClN3O/c1-2-9-3-5-11(6-4-9)18-14(19)12-7-10(16)8-17-13(12)15/h3-8H,2,16H2,1H3,(H,18,19). The Morgan fingerprint density at radius 1 is 1.37 bits per heavy atom. The van der Waals surface area contributed by atoms with Crippen LogP contribution < -0.4 is 11.1 Å². The van der Waals surface area contributed by atoms with Crippen molar-refractivity contribution < 1.29 is 4.79 Å². The number of aromatic nitrogens is 1. The number of halogens is 1. The Balaban J connectivity index is 2.18. The minimum atomic E-state index is -0.325. The molecule has 1 amide bonds. The summed E-state index contributed by atoms with van der Waals surface area (Å²) in [5.41, 5.74) is 8.18. The van der Waals surface area contributed by atoms with Gasteiger partial charge in [-0.1, -0.05) is 30.7 Å². The van der Waals surface area contributed by atoms with E-state index in [1.165, 1.54) is 17.8 Å². The molecule has 0 unspecified atom stereocenters. The first-order chi connectivity index (χ1) is 9.10. The number of carbonyl (C=O) groups is 1. The summed E-state index contributed by atoms with van der Waals surface area (Å²) in [6.07, 6.45) is 2.37. The SMILES string of the molecule is CCc1ccc(NC(=O)c2cc(N)cnc2Cl)cc1. The molecule has 5 heteroatoms. The molecule has 4 nitrogen and oxygen atoms in total. The van der Waals surface area contributed by atoms with Crippen molar-refractivity contribution >= 4 is 28.9 Å². The number of nitrogens with zero attached hydrogens (tertiary/aromatic N) is 1. The molecule has 1 aromatic heterocycles. The van der Waals surface area contributed by atoms with E-state index in [0.717, 1.165) is 6.42 Å². The fraction of sp³-hybridized carbons (Fsp3) is 0.143. The predicted octanol–water partition coefficient (Wildman–Crippen LogP) is 3.13. The molecule has 1 aromatic carbocycles. The van der Waals surface area contributed by atoms with Crippen LogP contribution in [0, 0.1) is 0 Å². The van der Waals surface area contributed by atoms with Gasteiger partial charge in [0.2, 0.25) is 0 Å². The third-order valence-corrected chi connectivity index (χ3v) is 3.03. The summed E-state index contributed by atoms with van der Waals surface area (Å²) in [4.78, 5) is 15.9. The first kappa shape index (κ1) is 13.4. The second kappa shape index (κ2) is 5.71. The van der Waals surface area contributed by atoms with Crippen molar-refractivity contribution in [2.45, 2.75) is 13.3 Å². The summed E-state index contributed by atoms with van der Waals surface area (Å²) in [6.45, 7) is 2.08. The first-order valence-corrected chi connectivity index (χ1v) is 6.29. The number of aryl methyl sites for hydroxylation is 1. The van der Waals surface area contributed by atoms with E-state index in [-0.39, 0.29) is 16.6 Å². The van der Waals surface area contributed by atoms with Crippen molar-refractivity contribution in [2.75, 3.05) is 11.1 Å². The molecule has 2 aromatic rings. The molecule has 1 heterocycles. The number of benzene rings is 1. The average Bonchev–Trinajstić information content (AvgIpc) is 2.42. The summed E-state index contributed by atoms with van der Waals surface area (Å²) >= 11 is 5.88. The number of anilines is 2. The number of amides is 1. The number of hydrogen-bond acceptors (Lipinski definition) is 3. The van der Waals surface area contributed by atoms with Gasteiger partial charge in [-0.25, -0.2) is 4.98 Å². The topological polar surface area (TPSA) is 68.0 Å². The van der Waals surface area contributed by atoms with E-state index in [1.54, 1.807) is 0 Å². The fourth-order valence-electron chi connectivity index (χ4n) is 1.65. The molecule has 98 valence electrons. The van der Waals surface area contributed by atoms with E-state index in [0.29, 0.717) is 11.4 Å². The normalized spacial score (nSPS) is 10.2. The van der Waals surface area contributed by atoms with Crippen molar-refractivity contribution in [1.29, 1.82) is 0 Å². The van der Waals surface area contributed by atoms with Gasteiger partial charge in [-0.15, -0.1) is 0 Å². The highest BCUT2D eigenvalue weighted by Gasteiger charge is 2.12. The number of carbonyl (C=O) groups excluding carboxylic acids is 1. The zero-order chi connectivity index (χ0) is 13.8. The lowest BCUT2D eigenvalue weighted by molar-refractivity contribution is 0.102. The van der Waals surface area contributed by atoms with Crippen LogP contribution >= 0.6 is 11.6 Å². The molecule has 0 fully saturated rings. The van der Waals surface area contributed by atoms with Crippen LogP contribution in [0.15, 0.2) is 36.5 Å². The Hall–Kier alpha value is -2.07. The summed E-state index contributed by atoms with van der Waals surface area (Å²) in [5, 5.41) is 2.89. The molecule has 3 N–H and O–H groups in total. The van der Waals surface area contributed by atoms with Gasteiger partial charge in [0.25, 0.3) is 5.91 Å². The van der Waals surface area contributed by atoms with Gasteiger partial charge in [0.05, 0.1) is 17.4 Å². The van der Waals surface area contributed by atoms with Gasteiger partial charge >= 0.3 is 0 Å². The van der Waals surface area contributed by atoms with Gasteiger partial charge in [-0.2, -0.15) is 0 Å². The molecule has 0 aliphatic carbocycles. The number of nitrogens with one attached hydrogen (secondary N) is 1. The molecule has 0 saturated carbocycles. The van der Waals surface area contributed by atoms with Crippen molar-refractivity contribution in [3.05, 3.63) is 52.8 Å². The zero-order valence-corrected chi connectivity index (χ0v) is 11.2. The van der Waals surface area contributed by atoms with Crippen LogP contribution in [0.2, 0.25) is 5.15 Å². The van der Waals surface area contributed by atoms with Crippen molar-refractivity contribution in [3.8, 4) is 0 Å². The second-order valence-electron chi connectivity index (χ2n) is 4.11. The molecule has 2 rings (SSSR count). The van der Waals surface area contributed by atoms with Gasteiger partial charge in [0, 0.05) is 5.69 Å². The van der Waals surface area contributed by atoms with Gasteiger partial charge in [0.1, 0.15) is 5.15 Å². The number of rotatable bonds is 3. The summed E-state index contributed by atoms with van der Waals surface area (Å²) in [7, 11) is 0. The maximum atomic E-state index is 12.1. The Kier molecular flexibility index (Phi) is 4.02. The monoisotopic (exact) mass is 275 g/mol. The maximum absolute atomic E-state index is 12.1. The molecule has 0 aliphatic heterocycles. The fourth-order valence-corrected chi connectivity index (χ4v) is 1.83. The van der Waals surface area contributed by atoms with Crippen LogP contribution in [-0.4, -0.2) is 10.9 Å². The minimum Gasteiger partial charge on any atom is -0.397 e. The highest BCUT2D eigenvalue weighted by molar-refractivity contribution is 6.33. The third kappa shape index (κ3) is 3.23. The van der Waals surface area contributed by atoms with Gasteiger partial charge in [-0.3, -0.25) is 4.79 Å². The predicted molar refractivity (Wildman–Crippen MR) is 77.4 cm³/mol. The largest absolute Gasteiger partial charge is 0.397 e. The lowest BCUT2D eigenvalue weighted by Gasteiger charge is -2.07. The smallest absolute Gasteiger partial charge is 0.258 e. The molecular weight excluding hydrogens is 262 g/mol. The van der Waals surface area contributed by atoms with Crippen LogP contribution in [0.4, 0.5) is 11.4 Å². The van der Waals surface area contributed by atoms with Crippen LogP contribution in [0.3, 0.4) is 0 Å². The van der Waals surface area contributed by atoms with E-state index in [9.17, 15) is 4.79 Å². The van der Waals surface area contributed by atoms with E-state index >= 15 is 0 Å². The van der Waals surface area contributed by atoms with Crippen LogP contribution in [-0.2, 0) is 6.42 Å². The van der Waals surface area contributed by atoms with Crippen molar-refractivity contribution in [3.63, 3.8) is 0 Å². The van der Waals surface area contributed by atoms with Gasteiger partial charge < -0.3 is 11.1 Å². The van der Waals surface area contributed by atoms with Crippen molar-refractivity contribution in [1.82, 2.24) is 4.98 Å². The third-order valence-electron chi connectivity index (χ3n) is 2.72. The molecule has 0 aliphatic rings. The van der Waals surface area contributed by atoms with Gasteiger partial charge in [0.15, 0.2) is 0 Å². The Morgan fingerprint density at radius 2 is 2.05 bits per heavy atom. The van der Waals surface area contributed by atoms with Gasteiger partial charge in [-0.05, 0) is 30.2 Å². The highest BCUT2D eigenvalue weighted by Crippen LogP contribution is 2.18. The number of hydrogen-bond donors (Lipinski definition) is 2. The van der Waals surface area contributed by atoms with Crippen molar-refractivity contribution in [2.24, 2.45) is 0 Å². The zero-order valence-electron chi connectivity index (χ0n) is 10.5. The minimum absolute atomic E-state index is 0.136. The Labute approximate surface area is 116 Å². The molecule has 0 bridgehead atoms. The average molecular weight is 276 g/mol. The highest BCUT2D eigenvalue weighted by atomic mass is 35.5. The van der Waals surface area contributed by atoms with Crippen LogP contribution in [0.5, 0.6) is 0 Å². The van der Waals surface area contributed by atoms with E-state index in [1.807, 2.05) is 24.3 Å². The lowest BCUT2D eigenvalue weighted by Crippen LogP contribution is -2.13. The second-order valence-corrected chi connectivity index (χ2v) is 4.47. The van der Waals surface area contributed by atoms with E-state index in [2.05, 4.69) is 17.2 Å². The first-order valence-electron chi connectivity index (χ1n) is 5.91. The molecule has 19 heavy (non-hydrogen) atoms. The van der Waals surface area contributed by atoms with E-state index < -0.39 is 0 Å². The number of nitrogen functional groups attached to an aromatic ring is 1. The maximum Gasteiger partial charge on any atom is 0.258 e. The summed E-state index contributed by atoms with van der Waals surface area (Å²) in [5.74, 6) is -0.325. The lowest BCUT2D eigenvalue weighted by atomic mass is 10.1. The van der Waals surface area contributed by atoms with Crippen LogP contribution in [0.25, 0.3) is 0 Å². The number of pyridine rings is 1.